The van der Waals surface area contributed by atoms with Crippen LogP contribution in [0.15, 0.2) is 51.9 Å². The summed E-state index contributed by atoms with van der Waals surface area (Å²) in [6.07, 6.45) is 2.53. The van der Waals surface area contributed by atoms with Gasteiger partial charge in [-0.2, -0.15) is 9.29 Å². The lowest BCUT2D eigenvalue weighted by molar-refractivity contribution is -0.119. The zero-order chi connectivity index (χ0) is 22.5. The quantitative estimate of drug-likeness (QED) is 0.544. The number of rotatable bonds is 6. The van der Waals surface area contributed by atoms with E-state index < -0.39 is 10.0 Å². The van der Waals surface area contributed by atoms with Gasteiger partial charge in [-0.3, -0.25) is 4.79 Å². The van der Waals surface area contributed by atoms with E-state index >= 15 is 0 Å². The number of carbonyl (C=O) groups excluding carboxylic acids is 1. The van der Waals surface area contributed by atoms with Crippen LogP contribution in [0.1, 0.15) is 24.3 Å². The highest BCUT2D eigenvalue weighted by atomic mass is 35.5. The van der Waals surface area contributed by atoms with E-state index in [4.69, 9.17) is 16.1 Å². The Bertz CT molecular complexity index is 1300. The number of halogens is 1. The van der Waals surface area contributed by atoms with E-state index in [1.807, 2.05) is 0 Å². The van der Waals surface area contributed by atoms with Crippen molar-refractivity contribution >= 4 is 33.2 Å². The minimum atomic E-state index is -3.78. The SMILES string of the molecule is CN(Cc1nc(-c2cccc(Cl)c2)no1)S(=O)(=O)c1ccc2c(c1)CCN2C(=O)C1CC1. The highest BCUT2D eigenvalue weighted by Gasteiger charge is 2.37. The average Bonchev–Trinajstić information content (AvgIpc) is 3.38. The number of sulfonamides is 1. The molecular weight excluding hydrogens is 452 g/mol. The Labute approximate surface area is 190 Å². The van der Waals surface area contributed by atoms with Gasteiger partial charge < -0.3 is 9.42 Å². The summed E-state index contributed by atoms with van der Waals surface area (Å²) in [5.74, 6) is 0.782. The lowest BCUT2D eigenvalue weighted by Gasteiger charge is -2.18. The van der Waals surface area contributed by atoms with Crippen LogP contribution in [0.25, 0.3) is 11.4 Å². The molecule has 5 rings (SSSR count). The van der Waals surface area contributed by atoms with Gasteiger partial charge in [-0.05, 0) is 55.2 Å². The van der Waals surface area contributed by atoms with Gasteiger partial charge in [-0.15, -0.1) is 0 Å². The van der Waals surface area contributed by atoms with E-state index in [0.717, 1.165) is 24.1 Å². The smallest absolute Gasteiger partial charge is 0.243 e. The summed E-state index contributed by atoms with van der Waals surface area (Å²) in [5, 5.41) is 4.47. The third-order valence-corrected chi connectivity index (χ3v) is 7.79. The van der Waals surface area contributed by atoms with Crippen molar-refractivity contribution in [2.24, 2.45) is 5.92 Å². The molecule has 0 spiro atoms. The Morgan fingerprint density at radius 1 is 1.25 bits per heavy atom. The molecule has 2 aliphatic rings. The lowest BCUT2D eigenvalue weighted by atomic mass is 10.2. The predicted molar refractivity (Wildman–Crippen MR) is 119 cm³/mol. The van der Waals surface area contributed by atoms with E-state index in [1.165, 1.54) is 11.4 Å². The molecule has 1 aliphatic carbocycles. The minimum absolute atomic E-state index is 0.0702. The molecule has 0 N–H and O–H groups in total. The maximum absolute atomic E-state index is 13.1. The van der Waals surface area contributed by atoms with Gasteiger partial charge in [0.15, 0.2) is 0 Å². The van der Waals surface area contributed by atoms with Gasteiger partial charge in [0.2, 0.25) is 27.6 Å². The van der Waals surface area contributed by atoms with Crippen LogP contribution in [0.5, 0.6) is 0 Å². The standard InChI is InChI=1S/C22H21ClN4O4S/c1-26(13-20-24-21(25-31-20)16-3-2-4-17(23)11-16)32(29,30)18-7-8-19-15(12-18)9-10-27(19)22(28)14-5-6-14/h2-4,7-8,11-12,14H,5-6,9-10,13H2,1H3. The fraction of sp³-hybridized carbons (Fsp3) is 0.318. The number of nitrogens with zero attached hydrogens (tertiary/aromatic N) is 4. The molecular formula is C22H21ClN4O4S. The average molecular weight is 473 g/mol. The predicted octanol–water partition coefficient (Wildman–Crippen LogP) is 3.51. The summed E-state index contributed by atoms with van der Waals surface area (Å²) < 4.78 is 32.7. The van der Waals surface area contributed by atoms with E-state index in [9.17, 15) is 13.2 Å². The van der Waals surface area contributed by atoms with Gasteiger partial charge in [0, 0.05) is 35.8 Å². The van der Waals surface area contributed by atoms with Gasteiger partial charge in [-0.1, -0.05) is 28.9 Å². The Balaban J connectivity index is 1.33. The van der Waals surface area contributed by atoms with Crippen molar-refractivity contribution in [2.45, 2.75) is 30.7 Å². The third kappa shape index (κ3) is 3.92. The van der Waals surface area contributed by atoms with Gasteiger partial charge in [0.1, 0.15) is 0 Å². The van der Waals surface area contributed by atoms with Crippen molar-refractivity contribution in [3.8, 4) is 11.4 Å². The monoisotopic (exact) mass is 472 g/mol. The Morgan fingerprint density at radius 3 is 2.81 bits per heavy atom. The van der Waals surface area contributed by atoms with Crippen LogP contribution in [-0.4, -0.2) is 42.4 Å². The summed E-state index contributed by atoms with van der Waals surface area (Å²) in [4.78, 5) is 18.7. The molecule has 8 nitrogen and oxygen atoms in total. The summed E-state index contributed by atoms with van der Waals surface area (Å²) >= 11 is 6.00. The van der Waals surface area contributed by atoms with Gasteiger partial charge in [0.25, 0.3) is 0 Å². The van der Waals surface area contributed by atoms with E-state index in [2.05, 4.69) is 10.1 Å². The summed E-state index contributed by atoms with van der Waals surface area (Å²) in [6.45, 7) is 0.525. The molecule has 0 atom stereocenters. The normalized spacial score (nSPS) is 15.9. The van der Waals surface area contributed by atoms with E-state index in [1.54, 1.807) is 47.4 Å². The molecule has 0 radical (unpaired) electrons. The minimum Gasteiger partial charge on any atom is -0.338 e. The molecule has 32 heavy (non-hydrogen) atoms. The third-order valence-electron chi connectivity index (χ3n) is 5.76. The van der Waals surface area contributed by atoms with Crippen LogP contribution in [0.2, 0.25) is 5.02 Å². The van der Waals surface area contributed by atoms with Crippen LogP contribution in [0.3, 0.4) is 0 Å². The molecule has 10 heteroatoms. The first-order valence-electron chi connectivity index (χ1n) is 10.3. The van der Waals surface area contributed by atoms with Gasteiger partial charge in [0.05, 0.1) is 11.4 Å². The van der Waals surface area contributed by atoms with Crippen molar-refractivity contribution < 1.29 is 17.7 Å². The Morgan fingerprint density at radius 2 is 2.06 bits per heavy atom. The highest BCUT2D eigenvalue weighted by Crippen LogP contribution is 2.37. The molecule has 1 fully saturated rings. The van der Waals surface area contributed by atoms with Crippen LogP contribution in [0, 0.1) is 5.92 Å². The zero-order valence-corrected chi connectivity index (χ0v) is 18.9. The number of hydrogen-bond acceptors (Lipinski definition) is 6. The van der Waals surface area contributed by atoms with E-state index in [-0.39, 0.29) is 29.2 Å². The molecule has 1 saturated carbocycles. The van der Waals surface area contributed by atoms with E-state index in [0.29, 0.717) is 29.4 Å². The largest absolute Gasteiger partial charge is 0.338 e. The van der Waals surface area contributed by atoms with Crippen LogP contribution < -0.4 is 4.90 Å². The first-order valence-corrected chi connectivity index (χ1v) is 12.1. The van der Waals surface area contributed by atoms with Crippen molar-refractivity contribution in [1.82, 2.24) is 14.4 Å². The topological polar surface area (TPSA) is 96.6 Å². The second-order valence-corrected chi connectivity index (χ2v) is 10.6. The van der Waals surface area contributed by atoms with Crippen LogP contribution >= 0.6 is 11.6 Å². The van der Waals surface area contributed by atoms with Crippen molar-refractivity contribution in [3.05, 3.63) is 58.9 Å². The Kier molecular flexibility index (Phi) is 5.27. The van der Waals surface area contributed by atoms with Crippen molar-refractivity contribution in [1.29, 1.82) is 0 Å². The molecule has 2 aromatic carbocycles. The number of anilines is 1. The fourth-order valence-electron chi connectivity index (χ4n) is 3.84. The molecule has 1 aromatic heterocycles. The highest BCUT2D eigenvalue weighted by molar-refractivity contribution is 7.89. The zero-order valence-electron chi connectivity index (χ0n) is 17.4. The number of aromatic nitrogens is 2. The van der Waals surface area contributed by atoms with Crippen LogP contribution in [-0.2, 0) is 27.8 Å². The maximum Gasteiger partial charge on any atom is 0.243 e. The lowest BCUT2D eigenvalue weighted by Crippen LogP contribution is -2.30. The van der Waals surface area contributed by atoms with Crippen molar-refractivity contribution in [3.63, 3.8) is 0 Å². The first-order chi connectivity index (χ1) is 15.3. The molecule has 0 saturated heterocycles. The number of benzene rings is 2. The summed E-state index contributed by atoms with van der Waals surface area (Å²) in [6, 6.07) is 12.0. The molecule has 0 bridgehead atoms. The summed E-state index contributed by atoms with van der Waals surface area (Å²) in [7, 11) is -2.31. The number of fused-ring (bicyclic) bond motifs is 1. The molecule has 1 amide bonds. The first kappa shape index (κ1) is 21.1. The summed E-state index contributed by atoms with van der Waals surface area (Å²) in [5.41, 5.74) is 2.36. The number of hydrogen-bond donors (Lipinski definition) is 0. The molecule has 1 aliphatic heterocycles. The second-order valence-electron chi connectivity index (χ2n) is 8.09. The molecule has 3 aromatic rings. The Hall–Kier alpha value is -2.75. The second kappa shape index (κ2) is 7.99. The van der Waals surface area contributed by atoms with Gasteiger partial charge in [-0.25, -0.2) is 8.42 Å². The van der Waals surface area contributed by atoms with Gasteiger partial charge >= 0.3 is 0 Å². The number of amides is 1. The number of carbonyl (C=O) groups is 1. The molecule has 2 heterocycles. The molecule has 166 valence electrons. The molecule has 0 unspecified atom stereocenters. The maximum atomic E-state index is 13.1. The van der Waals surface area contributed by atoms with Crippen molar-refractivity contribution in [2.75, 3.05) is 18.5 Å². The van der Waals surface area contributed by atoms with Crippen LogP contribution in [0.4, 0.5) is 5.69 Å². The fourth-order valence-corrected chi connectivity index (χ4v) is 5.20.